The van der Waals surface area contributed by atoms with Crippen LogP contribution in [0.1, 0.15) is 58.8 Å². The number of carbonyl (C=O) groups excluding carboxylic acids is 2. The van der Waals surface area contributed by atoms with Crippen molar-refractivity contribution in [3.8, 4) is 0 Å². The number of hydrogen-bond donors (Lipinski definition) is 2. The standard InChI is InChI=1S/C15H26N2O2S/c1-3-14(4-2,11-20)10-17-12(18)15(16-13(17)19)8-6-5-7-9-15/h20H,3-11H2,1-2H3,(H,16,19). The molecule has 1 aliphatic heterocycles. The van der Waals surface area contributed by atoms with Crippen LogP contribution in [0.15, 0.2) is 0 Å². The van der Waals surface area contributed by atoms with Crippen LogP contribution in [-0.4, -0.2) is 34.7 Å². The smallest absolute Gasteiger partial charge is 0.323 e. The number of nitrogens with one attached hydrogen (secondary N) is 1. The molecular weight excluding hydrogens is 272 g/mol. The Morgan fingerprint density at radius 2 is 1.80 bits per heavy atom. The second kappa shape index (κ2) is 5.96. The molecule has 1 spiro atoms. The molecule has 0 radical (unpaired) electrons. The summed E-state index contributed by atoms with van der Waals surface area (Å²) in [6, 6.07) is -0.204. The molecule has 0 bridgehead atoms. The van der Waals surface area contributed by atoms with Crippen molar-refractivity contribution in [1.29, 1.82) is 0 Å². The van der Waals surface area contributed by atoms with Crippen LogP contribution in [-0.2, 0) is 4.79 Å². The zero-order valence-corrected chi connectivity index (χ0v) is 13.5. The quantitative estimate of drug-likeness (QED) is 0.605. The Hall–Kier alpha value is -0.710. The highest BCUT2D eigenvalue weighted by molar-refractivity contribution is 7.80. The third-order valence-electron chi connectivity index (χ3n) is 5.28. The van der Waals surface area contributed by atoms with E-state index < -0.39 is 5.54 Å². The van der Waals surface area contributed by atoms with Crippen LogP contribution >= 0.6 is 12.6 Å². The number of rotatable bonds is 5. The van der Waals surface area contributed by atoms with E-state index in [0.717, 1.165) is 44.9 Å². The van der Waals surface area contributed by atoms with Gasteiger partial charge in [-0.2, -0.15) is 12.6 Å². The Labute approximate surface area is 127 Å². The van der Waals surface area contributed by atoms with Crippen molar-refractivity contribution >= 4 is 24.6 Å². The van der Waals surface area contributed by atoms with Crippen LogP contribution < -0.4 is 5.32 Å². The number of nitrogens with zero attached hydrogens (tertiary/aromatic N) is 1. The van der Waals surface area contributed by atoms with Gasteiger partial charge in [-0.15, -0.1) is 0 Å². The zero-order chi connectivity index (χ0) is 14.8. The predicted octanol–water partition coefficient (Wildman–Crippen LogP) is 2.98. The molecule has 0 atom stereocenters. The van der Waals surface area contributed by atoms with Crippen molar-refractivity contribution in [1.82, 2.24) is 10.2 Å². The monoisotopic (exact) mass is 298 g/mol. The molecule has 1 saturated heterocycles. The highest BCUT2D eigenvalue weighted by atomic mass is 32.1. The molecule has 1 aliphatic carbocycles. The number of hydrogen-bond acceptors (Lipinski definition) is 3. The summed E-state index contributed by atoms with van der Waals surface area (Å²) < 4.78 is 0. The molecule has 3 amide bonds. The molecule has 1 N–H and O–H groups in total. The summed E-state index contributed by atoms with van der Waals surface area (Å²) in [5, 5.41) is 2.98. The summed E-state index contributed by atoms with van der Waals surface area (Å²) in [7, 11) is 0. The first-order chi connectivity index (χ1) is 9.52. The average Bonchev–Trinajstić information content (AvgIpc) is 2.69. The summed E-state index contributed by atoms with van der Waals surface area (Å²) in [5.41, 5.74) is -0.657. The number of amides is 3. The molecule has 4 nitrogen and oxygen atoms in total. The molecule has 0 unspecified atom stereocenters. The van der Waals surface area contributed by atoms with E-state index >= 15 is 0 Å². The van der Waals surface area contributed by atoms with Gasteiger partial charge in [0.2, 0.25) is 0 Å². The van der Waals surface area contributed by atoms with Gasteiger partial charge in [-0.3, -0.25) is 9.69 Å². The number of thiol groups is 1. The Morgan fingerprint density at radius 1 is 1.20 bits per heavy atom. The maximum atomic E-state index is 12.7. The lowest BCUT2D eigenvalue weighted by atomic mass is 9.80. The lowest BCUT2D eigenvalue weighted by molar-refractivity contribution is -0.133. The highest BCUT2D eigenvalue weighted by Crippen LogP contribution is 2.36. The van der Waals surface area contributed by atoms with Gasteiger partial charge in [-0.25, -0.2) is 4.79 Å². The highest BCUT2D eigenvalue weighted by Gasteiger charge is 2.52. The largest absolute Gasteiger partial charge is 0.325 e. The fourth-order valence-electron chi connectivity index (χ4n) is 3.40. The van der Waals surface area contributed by atoms with Gasteiger partial charge < -0.3 is 5.32 Å². The van der Waals surface area contributed by atoms with Gasteiger partial charge in [-0.05, 0) is 36.9 Å². The number of urea groups is 1. The third-order valence-corrected chi connectivity index (χ3v) is 5.95. The van der Waals surface area contributed by atoms with Gasteiger partial charge in [0.15, 0.2) is 0 Å². The van der Waals surface area contributed by atoms with E-state index in [9.17, 15) is 9.59 Å². The molecule has 1 saturated carbocycles. The lowest BCUT2D eigenvalue weighted by Crippen LogP contribution is -2.49. The average molecular weight is 298 g/mol. The molecule has 5 heteroatoms. The fourth-order valence-corrected chi connectivity index (χ4v) is 3.94. The first-order valence-electron chi connectivity index (χ1n) is 7.77. The van der Waals surface area contributed by atoms with Crippen molar-refractivity contribution in [3.63, 3.8) is 0 Å². The van der Waals surface area contributed by atoms with Crippen LogP contribution in [0.3, 0.4) is 0 Å². The van der Waals surface area contributed by atoms with Crippen molar-refractivity contribution in [3.05, 3.63) is 0 Å². The Kier molecular flexibility index (Phi) is 4.67. The van der Waals surface area contributed by atoms with Crippen molar-refractivity contribution < 1.29 is 9.59 Å². The van der Waals surface area contributed by atoms with Gasteiger partial charge in [0, 0.05) is 6.54 Å². The van der Waals surface area contributed by atoms with E-state index in [0.29, 0.717) is 12.3 Å². The van der Waals surface area contributed by atoms with Crippen LogP contribution in [0.2, 0.25) is 0 Å². The zero-order valence-electron chi connectivity index (χ0n) is 12.6. The van der Waals surface area contributed by atoms with Crippen molar-refractivity contribution in [2.45, 2.75) is 64.3 Å². The van der Waals surface area contributed by atoms with Gasteiger partial charge in [0.1, 0.15) is 5.54 Å². The third kappa shape index (κ3) is 2.57. The van der Waals surface area contributed by atoms with Gasteiger partial charge >= 0.3 is 6.03 Å². The summed E-state index contributed by atoms with van der Waals surface area (Å²) in [5.74, 6) is 0.694. The minimum atomic E-state index is -0.598. The maximum Gasteiger partial charge on any atom is 0.325 e. The van der Waals surface area contributed by atoms with E-state index in [1.54, 1.807) is 0 Å². The van der Waals surface area contributed by atoms with Crippen LogP contribution in [0.25, 0.3) is 0 Å². The van der Waals surface area contributed by atoms with E-state index in [-0.39, 0.29) is 17.4 Å². The molecule has 2 fully saturated rings. The minimum Gasteiger partial charge on any atom is -0.323 e. The van der Waals surface area contributed by atoms with Crippen LogP contribution in [0, 0.1) is 5.41 Å². The second-order valence-electron chi connectivity index (χ2n) is 6.33. The molecular formula is C15H26N2O2S. The second-order valence-corrected chi connectivity index (χ2v) is 6.65. The van der Waals surface area contributed by atoms with E-state index in [1.807, 2.05) is 0 Å². The Balaban J connectivity index is 2.16. The summed E-state index contributed by atoms with van der Waals surface area (Å²) in [4.78, 5) is 26.4. The van der Waals surface area contributed by atoms with Crippen LogP contribution in [0.5, 0.6) is 0 Å². The molecule has 0 aromatic rings. The molecule has 1 heterocycles. The van der Waals surface area contributed by atoms with Gasteiger partial charge in [-0.1, -0.05) is 33.1 Å². The van der Waals surface area contributed by atoms with E-state index in [4.69, 9.17) is 0 Å². The number of carbonyl (C=O) groups is 2. The van der Waals surface area contributed by atoms with Crippen molar-refractivity contribution in [2.75, 3.05) is 12.3 Å². The Bertz CT molecular complexity index is 379. The lowest BCUT2D eigenvalue weighted by Gasteiger charge is -2.34. The predicted molar refractivity (Wildman–Crippen MR) is 82.9 cm³/mol. The molecule has 0 aromatic carbocycles. The minimum absolute atomic E-state index is 0.00439. The van der Waals surface area contributed by atoms with Gasteiger partial charge in [0.05, 0.1) is 0 Å². The molecule has 20 heavy (non-hydrogen) atoms. The molecule has 114 valence electrons. The molecule has 0 aromatic heterocycles. The topological polar surface area (TPSA) is 49.4 Å². The van der Waals surface area contributed by atoms with Crippen molar-refractivity contribution in [2.24, 2.45) is 5.41 Å². The number of imide groups is 1. The van der Waals surface area contributed by atoms with Gasteiger partial charge in [0.25, 0.3) is 5.91 Å². The summed E-state index contributed by atoms with van der Waals surface area (Å²) in [6.07, 6.45) is 6.65. The fraction of sp³-hybridized carbons (Fsp3) is 0.867. The first-order valence-corrected chi connectivity index (χ1v) is 8.41. The summed E-state index contributed by atoms with van der Waals surface area (Å²) >= 11 is 4.44. The SMILES string of the molecule is CCC(CC)(CS)CN1C(=O)NC2(CCCCC2)C1=O. The van der Waals surface area contributed by atoms with E-state index in [2.05, 4.69) is 31.8 Å². The summed E-state index contributed by atoms with van der Waals surface area (Å²) in [6.45, 7) is 4.71. The van der Waals surface area contributed by atoms with E-state index in [1.165, 1.54) is 4.90 Å². The van der Waals surface area contributed by atoms with Crippen LogP contribution in [0.4, 0.5) is 4.79 Å². The Morgan fingerprint density at radius 3 is 2.30 bits per heavy atom. The normalized spacial score (nSPS) is 22.4. The first kappa shape index (κ1) is 15.7. The maximum absolute atomic E-state index is 12.7. The molecule has 2 aliphatic rings. The molecule has 2 rings (SSSR count).